The number of amides is 1. The van der Waals surface area contributed by atoms with Crippen molar-refractivity contribution in [2.45, 2.75) is 45.6 Å². The molecule has 0 heterocycles. The summed E-state index contributed by atoms with van der Waals surface area (Å²) in [6.45, 7) is 4.68. The van der Waals surface area contributed by atoms with Gasteiger partial charge in [-0.1, -0.05) is 35.7 Å². The third-order valence-electron chi connectivity index (χ3n) is 4.08. The SMILES string of the molecule is Cc1cc(NC(=O)CN[C@@H]2CCCC[C@@H]2C)ccc1Br. The van der Waals surface area contributed by atoms with Crippen LogP contribution in [0.3, 0.4) is 0 Å². The highest BCUT2D eigenvalue weighted by molar-refractivity contribution is 9.10. The molecule has 3 nitrogen and oxygen atoms in total. The van der Waals surface area contributed by atoms with E-state index in [4.69, 9.17) is 0 Å². The van der Waals surface area contributed by atoms with Gasteiger partial charge in [0.1, 0.15) is 0 Å². The lowest BCUT2D eigenvalue weighted by atomic mass is 9.86. The van der Waals surface area contributed by atoms with Crippen molar-refractivity contribution in [1.29, 1.82) is 0 Å². The number of anilines is 1. The zero-order chi connectivity index (χ0) is 14.5. The number of carbonyl (C=O) groups is 1. The van der Waals surface area contributed by atoms with E-state index in [0.717, 1.165) is 15.7 Å². The Morgan fingerprint density at radius 1 is 1.35 bits per heavy atom. The largest absolute Gasteiger partial charge is 0.325 e. The lowest BCUT2D eigenvalue weighted by Gasteiger charge is -2.29. The molecule has 0 bridgehead atoms. The number of nitrogens with one attached hydrogen (secondary N) is 2. The molecule has 0 saturated heterocycles. The topological polar surface area (TPSA) is 41.1 Å². The summed E-state index contributed by atoms with van der Waals surface area (Å²) in [4.78, 5) is 12.0. The highest BCUT2D eigenvalue weighted by Gasteiger charge is 2.21. The van der Waals surface area contributed by atoms with Crippen molar-refractivity contribution in [3.63, 3.8) is 0 Å². The minimum absolute atomic E-state index is 0.0319. The van der Waals surface area contributed by atoms with Gasteiger partial charge in [0.2, 0.25) is 5.91 Å². The van der Waals surface area contributed by atoms with Gasteiger partial charge in [0, 0.05) is 16.2 Å². The smallest absolute Gasteiger partial charge is 0.238 e. The fourth-order valence-corrected chi connectivity index (χ4v) is 3.02. The number of aryl methyl sites for hydroxylation is 1. The normalized spacial score (nSPS) is 22.6. The number of halogens is 1. The van der Waals surface area contributed by atoms with E-state index in [-0.39, 0.29) is 5.91 Å². The summed E-state index contributed by atoms with van der Waals surface area (Å²) >= 11 is 3.46. The van der Waals surface area contributed by atoms with E-state index >= 15 is 0 Å². The van der Waals surface area contributed by atoms with Crippen LogP contribution in [0.1, 0.15) is 38.2 Å². The second-order valence-electron chi connectivity index (χ2n) is 5.76. The van der Waals surface area contributed by atoms with Crippen molar-refractivity contribution >= 4 is 27.5 Å². The zero-order valence-electron chi connectivity index (χ0n) is 12.2. The Balaban J connectivity index is 1.81. The molecule has 1 amide bonds. The Morgan fingerprint density at radius 3 is 2.80 bits per heavy atom. The molecule has 1 aromatic carbocycles. The summed E-state index contributed by atoms with van der Waals surface area (Å²) in [5.74, 6) is 0.705. The second-order valence-corrected chi connectivity index (χ2v) is 6.62. The molecule has 1 fully saturated rings. The molecule has 0 unspecified atom stereocenters. The Labute approximate surface area is 129 Å². The maximum Gasteiger partial charge on any atom is 0.238 e. The first-order valence-corrected chi connectivity index (χ1v) is 8.15. The van der Waals surface area contributed by atoms with Crippen molar-refractivity contribution in [2.75, 3.05) is 11.9 Å². The molecule has 1 aromatic rings. The second kappa shape index (κ2) is 7.23. The number of benzene rings is 1. The number of hydrogen-bond donors (Lipinski definition) is 2. The highest BCUT2D eigenvalue weighted by Crippen LogP contribution is 2.23. The van der Waals surface area contributed by atoms with Gasteiger partial charge in [0.25, 0.3) is 0 Å². The Hall–Kier alpha value is -0.870. The lowest BCUT2D eigenvalue weighted by Crippen LogP contribution is -2.41. The van der Waals surface area contributed by atoms with Crippen LogP contribution in [0.15, 0.2) is 22.7 Å². The molecule has 2 N–H and O–H groups in total. The van der Waals surface area contributed by atoms with Crippen LogP contribution >= 0.6 is 15.9 Å². The fraction of sp³-hybridized carbons (Fsp3) is 0.562. The van der Waals surface area contributed by atoms with Crippen LogP contribution in [0.4, 0.5) is 5.69 Å². The van der Waals surface area contributed by atoms with Crippen LogP contribution in [0.2, 0.25) is 0 Å². The molecular weight excluding hydrogens is 316 g/mol. The van der Waals surface area contributed by atoms with Gasteiger partial charge in [0.15, 0.2) is 0 Å². The van der Waals surface area contributed by atoms with Crippen molar-refractivity contribution in [1.82, 2.24) is 5.32 Å². The molecule has 4 heteroatoms. The van der Waals surface area contributed by atoms with Crippen molar-refractivity contribution in [2.24, 2.45) is 5.92 Å². The van der Waals surface area contributed by atoms with Crippen LogP contribution in [-0.4, -0.2) is 18.5 Å². The maximum absolute atomic E-state index is 12.0. The summed E-state index contributed by atoms with van der Waals surface area (Å²) < 4.78 is 1.06. The third kappa shape index (κ3) is 4.32. The Morgan fingerprint density at radius 2 is 2.10 bits per heavy atom. The van der Waals surface area contributed by atoms with Crippen LogP contribution < -0.4 is 10.6 Å². The van der Waals surface area contributed by atoms with Crippen LogP contribution in [0.5, 0.6) is 0 Å². The van der Waals surface area contributed by atoms with Crippen molar-refractivity contribution < 1.29 is 4.79 Å². The first-order valence-electron chi connectivity index (χ1n) is 7.35. The molecule has 2 atom stereocenters. The molecule has 2 rings (SSSR count). The molecule has 0 aliphatic heterocycles. The summed E-state index contributed by atoms with van der Waals surface area (Å²) in [7, 11) is 0. The minimum Gasteiger partial charge on any atom is -0.325 e. The van der Waals surface area contributed by atoms with Gasteiger partial charge >= 0.3 is 0 Å². The first-order chi connectivity index (χ1) is 9.56. The van der Waals surface area contributed by atoms with Gasteiger partial charge in [-0.15, -0.1) is 0 Å². The van der Waals surface area contributed by atoms with Crippen molar-refractivity contribution in [3.05, 3.63) is 28.2 Å². The Kier molecular flexibility index (Phi) is 5.61. The maximum atomic E-state index is 12.0. The number of rotatable bonds is 4. The van der Waals surface area contributed by atoms with Crippen LogP contribution in [0, 0.1) is 12.8 Å². The minimum atomic E-state index is 0.0319. The number of hydrogen-bond acceptors (Lipinski definition) is 2. The molecule has 1 aliphatic rings. The van der Waals surface area contributed by atoms with E-state index in [1.807, 2.05) is 25.1 Å². The average molecular weight is 339 g/mol. The molecular formula is C16H23BrN2O. The van der Waals surface area contributed by atoms with Gasteiger partial charge in [-0.2, -0.15) is 0 Å². The molecule has 0 radical (unpaired) electrons. The molecule has 0 spiro atoms. The van der Waals surface area contributed by atoms with E-state index in [1.54, 1.807) is 0 Å². The van der Waals surface area contributed by atoms with Crippen LogP contribution in [-0.2, 0) is 4.79 Å². The number of carbonyl (C=O) groups excluding carboxylic acids is 1. The summed E-state index contributed by atoms with van der Waals surface area (Å²) in [6.07, 6.45) is 5.05. The lowest BCUT2D eigenvalue weighted by molar-refractivity contribution is -0.115. The van der Waals surface area contributed by atoms with Gasteiger partial charge in [0.05, 0.1) is 6.54 Å². The van der Waals surface area contributed by atoms with Gasteiger partial charge < -0.3 is 10.6 Å². The van der Waals surface area contributed by atoms with Gasteiger partial charge in [-0.25, -0.2) is 0 Å². The van der Waals surface area contributed by atoms with Gasteiger partial charge in [-0.05, 0) is 49.4 Å². The van der Waals surface area contributed by atoms with Crippen molar-refractivity contribution in [3.8, 4) is 0 Å². The van der Waals surface area contributed by atoms with E-state index in [1.165, 1.54) is 25.7 Å². The van der Waals surface area contributed by atoms with E-state index < -0.39 is 0 Å². The molecule has 1 saturated carbocycles. The monoisotopic (exact) mass is 338 g/mol. The fourth-order valence-electron chi connectivity index (χ4n) is 2.77. The quantitative estimate of drug-likeness (QED) is 0.874. The van der Waals surface area contributed by atoms with Crippen LogP contribution in [0.25, 0.3) is 0 Å². The van der Waals surface area contributed by atoms with E-state index in [2.05, 4.69) is 33.5 Å². The molecule has 1 aliphatic carbocycles. The first kappa shape index (κ1) is 15.5. The summed E-state index contributed by atoms with van der Waals surface area (Å²) in [5.41, 5.74) is 1.98. The predicted molar refractivity (Wildman–Crippen MR) is 86.9 cm³/mol. The molecule has 20 heavy (non-hydrogen) atoms. The summed E-state index contributed by atoms with van der Waals surface area (Å²) in [6, 6.07) is 6.34. The summed E-state index contributed by atoms with van der Waals surface area (Å²) in [5, 5.41) is 6.34. The molecule has 0 aromatic heterocycles. The zero-order valence-corrected chi connectivity index (χ0v) is 13.8. The standard InChI is InChI=1S/C16H23BrN2O/c1-11-5-3-4-6-15(11)18-10-16(20)19-13-7-8-14(17)12(2)9-13/h7-9,11,15,18H,3-6,10H2,1-2H3,(H,19,20)/t11-,15+/m0/s1. The molecule has 110 valence electrons. The Bertz CT molecular complexity index is 476. The van der Waals surface area contributed by atoms with E-state index in [9.17, 15) is 4.79 Å². The average Bonchev–Trinajstić information content (AvgIpc) is 2.42. The predicted octanol–water partition coefficient (Wildman–Crippen LogP) is 3.86. The van der Waals surface area contributed by atoms with Gasteiger partial charge in [-0.3, -0.25) is 4.79 Å². The van der Waals surface area contributed by atoms with E-state index in [0.29, 0.717) is 18.5 Å². The highest BCUT2D eigenvalue weighted by atomic mass is 79.9. The third-order valence-corrected chi connectivity index (χ3v) is 4.97.